The van der Waals surface area contributed by atoms with E-state index in [2.05, 4.69) is 101 Å². The summed E-state index contributed by atoms with van der Waals surface area (Å²) in [5.41, 5.74) is 12.7. The molecule has 0 fully saturated rings. The predicted molar refractivity (Wildman–Crippen MR) is 181 cm³/mol. The molecule has 0 saturated heterocycles. The van der Waals surface area contributed by atoms with Crippen LogP contribution >= 0.6 is 12.1 Å². The number of hydrogen-bond acceptors (Lipinski definition) is 3. The lowest BCUT2D eigenvalue weighted by atomic mass is 9.90. The Balaban J connectivity index is 0.000000192. The van der Waals surface area contributed by atoms with E-state index in [1.165, 1.54) is 39.1 Å². The number of pyridine rings is 3. The van der Waals surface area contributed by atoms with Gasteiger partial charge < -0.3 is 0 Å². The highest BCUT2D eigenvalue weighted by Gasteiger charge is 2.38. The van der Waals surface area contributed by atoms with Crippen molar-refractivity contribution >= 4 is 12.1 Å². The largest absolute Gasteiger partial charge is 0.256 e. The van der Waals surface area contributed by atoms with Crippen LogP contribution in [0.1, 0.15) is 47.7 Å². The molecule has 0 bridgehead atoms. The van der Waals surface area contributed by atoms with Crippen LogP contribution in [-0.2, 0) is 0 Å². The second-order valence-electron chi connectivity index (χ2n) is 10.6. The lowest BCUT2D eigenvalue weighted by molar-refractivity contribution is -0.688. The van der Waals surface area contributed by atoms with E-state index in [0.29, 0.717) is 4.90 Å². The first-order valence-electron chi connectivity index (χ1n) is 15.0. The summed E-state index contributed by atoms with van der Waals surface area (Å²) in [6, 6.07) is 37.5. The fourth-order valence-corrected chi connectivity index (χ4v) is 6.10. The Labute approximate surface area is 264 Å². The van der Waals surface area contributed by atoms with E-state index in [4.69, 9.17) is 0 Å². The zero-order valence-corrected chi connectivity index (χ0v) is 26.6. The van der Waals surface area contributed by atoms with Crippen molar-refractivity contribution in [1.29, 1.82) is 0 Å². The van der Waals surface area contributed by atoms with Crippen molar-refractivity contribution in [3.05, 3.63) is 156 Å². The molecule has 5 heteroatoms. The Hall–Kier alpha value is -4.61. The molecule has 1 aliphatic rings. The van der Waals surface area contributed by atoms with Gasteiger partial charge in [-0.3, -0.25) is 9.97 Å². The predicted octanol–water partition coefficient (Wildman–Crippen LogP) is 10.3. The molecule has 1 atom stereocenters. The van der Waals surface area contributed by atoms with E-state index in [0.717, 1.165) is 22.5 Å². The minimum absolute atomic E-state index is 0.160. The number of benzene rings is 3. The molecule has 3 nitrogen and oxygen atoms in total. The van der Waals surface area contributed by atoms with E-state index in [1.54, 1.807) is 6.20 Å². The van der Waals surface area contributed by atoms with Crippen LogP contribution in [0.3, 0.4) is 0 Å². The molecule has 220 valence electrons. The third-order valence-electron chi connectivity index (χ3n) is 7.55. The summed E-state index contributed by atoms with van der Waals surface area (Å²) < 4.78 is 15.1. The smallest absolute Gasteiger partial charge is 0.213 e. The SMILES string of the molecule is CC.Cc1ccc(-c2ccccn2)c(SF)c1.Cc1ccc(-c2ccccn2)c([C@@H]2c3cc(C)ccc3-c3cccc[n+]32)c1. The minimum atomic E-state index is 0.160. The zero-order chi connectivity index (χ0) is 31.1. The Bertz CT molecular complexity index is 1860. The summed E-state index contributed by atoms with van der Waals surface area (Å²) in [4.78, 5) is 9.46. The molecule has 0 spiro atoms. The number of nitrogens with zero attached hydrogens (tertiary/aromatic N) is 3. The third kappa shape index (κ3) is 6.48. The van der Waals surface area contributed by atoms with Gasteiger partial charge in [0, 0.05) is 46.8 Å². The molecule has 3 aromatic carbocycles. The number of hydrogen-bond donors (Lipinski definition) is 0. The van der Waals surface area contributed by atoms with Crippen LogP contribution in [0.2, 0.25) is 0 Å². The molecule has 0 aliphatic carbocycles. The average Bonchev–Trinajstić information content (AvgIpc) is 3.40. The molecule has 7 rings (SSSR count). The molecule has 6 aromatic rings. The van der Waals surface area contributed by atoms with Gasteiger partial charge >= 0.3 is 0 Å². The van der Waals surface area contributed by atoms with E-state index in [9.17, 15) is 3.89 Å². The maximum Gasteiger partial charge on any atom is 0.213 e. The van der Waals surface area contributed by atoms with E-state index in [1.807, 2.05) is 69.4 Å². The first-order valence-corrected chi connectivity index (χ1v) is 15.7. The van der Waals surface area contributed by atoms with Gasteiger partial charge in [0.05, 0.1) is 34.0 Å². The maximum absolute atomic E-state index is 12.7. The molecule has 0 N–H and O–H groups in total. The van der Waals surface area contributed by atoms with Crippen molar-refractivity contribution in [2.45, 2.75) is 45.6 Å². The number of fused-ring (bicyclic) bond motifs is 3. The lowest BCUT2D eigenvalue weighted by Gasteiger charge is -2.15. The average molecular weight is 599 g/mol. The van der Waals surface area contributed by atoms with Crippen LogP contribution < -0.4 is 4.57 Å². The van der Waals surface area contributed by atoms with Crippen LogP contribution in [0.5, 0.6) is 0 Å². The van der Waals surface area contributed by atoms with Crippen LogP contribution in [0.4, 0.5) is 3.89 Å². The Morgan fingerprint density at radius 2 is 1.11 bits per heavy atom. The summed E-state index contributed by atoms with van der Waals surface area (Å²) in [6.45, 7) is 10.3. The van der Waals surface area contributed by atoms with Gasteiger partial charge in [-0.15, -0.1) is 0 Å². The second kappa shape index (κ2) is 14.2. The maximum atomic E-state index is 12.7. The van der Waals surface area contributed by atoms with E-state index in [-0.39, 0.29) is 18.2 Å². The molecular formula is C39H37FN3S+. The van der Waals surface area contributed by atoms with Crippen molar-refractivity contribution in [3.63, 3.8) is 0 Å². The number of aryl methyl sites for hydroxylation is 3. The first kappa shape index (κ1) is 30.8. The normalized spacial score (nSPS) is 12.6. The van der Waals surface area contributed by atoms with Crippen LogP contribution in [-0.4, -0.2) is 9.97 Å². The highest BCUT2D eigenvalue weighted by Crippen LogP contribution is 2.40. The summed E-state index contributed by atoms with van der Waals surface area (Å²) in [5, 5.41) is 0. The topological polar surface area (TPSA) is 29.7 Å². The van der Waals surface area contributed by atoms with Gasteiger partial charge in [-0.25, -0.2) is 0 Å². The van der Waals surface area contributed by atoms with Crippen molar-refractivity contribution in [2.75, 3.05) is 0 Å². The highest BCUT2D eigenvalue weighted by molar-refractivity contribution is 7.94. The standard InChI is InChI=1S/C25H21N2.C12H10FNS.C2H6/c1-17-9-11-19(23-7-3-5-13-26-23)21(15-17)25-22-16-18(2)10-12-20(22)24-8-4-6-14-27(24)25;1-9-5-6-10(12(8-9)15-13)11-4-2-3-7-14-11;1-2/h3-16,25H,1-2H3;2-8H,1H3;1-2H3/q+1;;/t25-;;/m1../s1. The molecule has 4 heterocycles. The summed E-state index contributed by atoms with van der Waals surface area (Å²) in [5.74, 6) is 0. The summed E-state index contributed by atoms with van der Waals surface area (Å²) in [7, 11) is 0. The zero-order valence-electron chi connectivity index (χ0n) is 25.8. The van der Waals surface area contributed by atoms with Crippen LogP contribution in [0.15, 0.2) is 133 Å². The van der Waals surface area contributed by atoms with Crippen molar-refractivity contribution < 1.29 is 8.45 Å². The Morgan fingerprint density at radius 1 is 0.591 bits per heavy atom. The van der Waals surface area contributed by atoms with E-state index < -0.39 is 0 Å². The Kier molecular flexibility index (Phi) is 9.98. The van der Waals surface area contributed by atoms with Crippen molar-refractivity contribution in [2.24, 2.45) is 0 Å². The molecule has 0 radical (unpaired) electrons. The fraction of sp³-hybridized carbons (Fsp3) is 0.154. The van der Waals surface area contributed by atoms with Gasteiger partial charge in [0.2, 0.25) is 11.7 Å². The molecule has 0 amide bonds. The van der Waals surface area contributed by atoms with Gasteiger partial charge in [-0.05, 0) is 80.9 Å². The van der Waals surface area contributed by atoms with Gasteiger partial charge in [-0.2, -0.15) is 8.45 Å². The van der Waals surface area contributed by atoms with Crippen LogP contribution in [0.25, 0.3) is 33.8 Å². The summed E-state index contributed by atoms with van der Waals surface area (Å²) >= 11 is 0.264. The Morgan fingerprint density at radius 3 is 1.70 bits per heavy atom. The molecule has 0 unspecified atom stereocenters. The number of aromatic nitrogens is 3. The molecule has 44 heavy (non-hydrogen) atoms. The minimum Gasteiger partial charge on any atom is -0.256 e. The number of halogens is 1. The molecule has 1 aliphatic heterocycles. The monoisotopic (exact) mass is 598 g/mol. The highest BCUT2D eigenvalue weighted by atomic mass is 32.2. The quantitative estimate of drug-likeness (QED) is 0.189. The summed E-state index contributed by atoms with van der Waals surface area (Å²) in [6.07, 6.45) is 5.77. The molecular weight excluding hydrogens is 562 g/mol. The lowest BCUT2D eigenvalue weighted by Crippen LogP contribution is -2.38. The second-order valence-corrected chi connectivity index (χ2v) is 11.2. The van der Waals surface area contributed by atoms with Crippen molar-refractivity contribution in [1.82, 2.24) is 9.97 Å². The molecule has 3 aromatic heterocycles. The van der Waals surface area contributed by atoms with Crippen LogP contribution in [0, 0.1) is 20.8 Å². The van der Waals surface area contributed by atoms with Crippen molar-refractivity contribution in [3.8, 4) is 33.8 Å². The number of rotatable bonds is 4. The molecule has 0 saturated carbocycles. The first-order chi connectivity index (χ1) is 21.5. The van der Waals surface area contributed by atoms with Gasteiger partial charge in [0.25, 0.3) is 0 Å². The third-order valence-corrected chi connectivity index (χ3v) is 8.05. The fourth-order valence-electron chi connectivity index (χ4n) is 5.61. The van der Waals surface area contributed by atoms with Gasteiger partial charge in [-0.1, -0.05) is 67.4 Å². The van der Waals surface area contributed by atoms with Gasteiger partial charge in [0.15, 0.2) is 6.20 Å². The van der Waals surface area contributed by atoms with Gasteiger partial charge in [0.1, 0.15) is 0 Å². The van der Waals surface area contributed by atoms with E-state index >= 15 is 0 Å².